The topological polar surface area (TPSA) is 83.8 Å². The van der Waals surface area contributed by atoms with Crippen LogP contribution in [0.25, 0.3) is 0 Å². The summed E-state index contributed by atoms with van der Waals surface area (Å²) in [5.41, 5.74) is 6.40. The molecule has 5 nitrogen and oxygen atoms in total. The van der Waals surface area contributed by atoms with Gasteiger partial charge in [-0.15, -0.1) is 0 Å². The van der Waals surface area contributed by atoms with Gasteiger partial charge < -0.3 is 11.1 Å². The third kappa shape index (κ3) is 4.09. The van der Waals surface area contributed by atoms with Crippen molar-refractivity contribution < 1.29 is 4.79 Å². The van der Waals surface area contributed by atoms with E-state index in [0.29, 0.717) is 11.4 Å². The van der Waals surface area contributed by atoms with Crippen molar-refractivity contribution in [1.82, 2.24) is 15.5 Å². The predicted octanol–water partition coefficient (Wildman–Crippen LogP) is 2.08. The Bertz CT molecular complexity index is 348. The van der Waals surface area contributed by atoms with Crippen LogP contribution in [0.3, 0.4) is 0 Å². The monoisotopic (exact) mass is 238 g/mol. The lowest BCUT2D eigenvalue weighted by Gasteiger charge is -2.17. The van der Waals surface area contributed by atoms with Crippen molar-refractivity contribution in [3.05, 3.63) is 11.9 Å². The number of carbonyl (C=O) groups is 1. The number of aromatic amines is 1. The molecule has 0 radical (unpaired) electrons. The number of nitrogens with two attached hydrogens (primary N) is 1. The molecule has 1 aromatic heterocycles. The molecule has 0 aromatic carbocycles. The average molecular weight is 238 g/mol. The first-order chi connectivity index (χ1) is 8.19. The first-order valence-corrected chi connectivity index (χ1v) is 6.28. The second-order valence-corrected chi connectivity index (χ2v) is 4.30. The Hall–Kier alpha value is -1.52. The lowest BCUT2D eigenvalue weighted by Crippen LogP contribution is -2.35. The highest BCUT2D eigenvalue weighted by molar-refractivity contribution is 5.97. The van der Waals surface area contributed by atoms with E-state index < -0.39 is 0 Å². The van der Waals surface area contributed by atoms with Crippen LogP contribution in [0.2, 0.25) is 0 Å². The van der Waals surface area contributed by atoms with Gasteiger partial charge in [-0.1, -0.05) is 33.1 Å². The summed E-state index contributed by atoms with van der Waals surface area (Å²) in [5, 5.41) is 9.37. The van der Waals surface area contributed by atoms with Crippen LogP contribution in [0.15, 0.2) is 6.20 Å². The van der Waals surface area contributed by atoms with Crippen LogP contribution in [-0.4, -0.2) is 22.1 Å². The van der Waals surface area contributed by atoms with Crippen molar-refractivity contribution in [2.45, 2.75) is 52.0 Å². The van der Waals surface area contributed by atoms with E-state index in [2.05, 4.69) is 29.4 Å². The molecule has 1 aromatic rings. The van der Waals surface area contributed by atoms with Gasteiger partial charge in [0.1, 0.15) is 5.69 Å². The number of nitrogens with zero attached hydrogens (tertiary/aromatic N) is 1. The molecular weight excluding hydrogens is 216 g/mol. The first-order valence-electron chi connectivity index (χ1n) is 6.28. The van der Waals surface area contributed by atoms with Gasteiger partial charge >= 0.3 is 0 Å². The SMILES string of the molecule is CCCCC(CCC)NC(=O)c1[nH]ncc1N. The smallest absolute Gasteiger partial charge is 0.271 e. The summed E-state index contributed by atoms with van der Waals surface area (Å²) in [5.74, 6) is -0.158. The Balaban J connectivity index is 2.54. The van der Waals surface area contributed by atoms with Gasteiger partial charge in [-0.25, -0.2) is 0 Å². The molecule has 0 spiro atoms. The number of nitrogens with one attached hydrogen (secondary N) is 2. The molecule has 4 N–H and O–H groups in total. The highest BCUT2D eigenvalue weighted by Crippen LogP contribution is 2.10. The minimum absolute atomic E-state index is 0.158. The third-order valence-corrected chi connectivity index (χ3v) is 2.77. The number of nitrogen functional groups attached to an aromatic ring is 1. The summed E-state index contributed by atoms with van der Waals surface area (Å²) < 4.78 is 0. The number of aromatic nitrogens is 2. The highest BCUT2D eigenvalue weighted by atomic mass is 16.2. The molecule has 0 aliphatic heterocycles. The van der Waals surface area contributed by atoms with E-state index in [9.17, 15) is 4.79 Å². The van der Waals surface area contributed by atoms with E-state index in [-0.39, 0.29) is 11.9 Å². The molecule has 17 heavy (non-hydrogen) atoms. The van der Waals surface area contributed by atoms with E-state index in [0.717, 1.165) is 32.1 Å². The van der Waals surface area contributed by atoms with Crippen molar-refractivity contribution in [1.29, 1.82) is 0 Å². The summed E-state index contributed by atoms with van der Waals surface area (Å²) in [7, 11) is 0. The summed E-state index contributed by atoms with van der Waals surface area (Å²) >= 11 is 0. The molecule has 1 rings (SSSR count). The Morgan fingerprint density at radius 3 is 2.76 bits per heavy atom. The van der Waals surface area contributed by atoms with Crippen molar-refractivity contribution in [2.75, 3.05) is 5.73 Å². The molecule has 1 atom stereocenters. The van der Waals surface area contributed by atoms with Crippen LogP contribution >= 0.6 is 0 Å². The Labute approximate surface area is 102 Å². The zero-order valence-corrected chi connectivity index (χ0v) is 10.6. The fraction of sp³-hybridized carbons (Fsp3) is 0.667. The summed E-state index contributed by atoms with van der Waals surface area (Å²) in [6.07, 6.45) is 6.80. The Morgan fingerprint density at radius 2 is 2.24 bits per heavy atom. The molecule has 0 fully saturated rings. The number of anilines is 1. The summed E-state index contributed by atoms with van der Waals surface area (Å²) in [6.45, 7) is 4.27. The van der Waals surface area contributed by atoms with Crippen LogP contribution in [0, 0.1) is 0 Å². The zero-order valence-electron chi connectivity index (χ0n) is 10.6. The lowest BCUT2D eigenvalue weighted by molar-refractivity contribution is 0.0928. The number of unbranched alkanes of at least 4 members (excludes halogenated alkanes) is 1. The van der Waals surface area contributed by atoms with Gasteiger partial charge in [-0.3, -0.25) is 9.89 Å². The van der Waals surface area contributed by atoms with E-state index in [4.69, 9.17) is 5.73 Å². The van der Waals surface area contributed by atoms with Gasteiger partial charge in [0.05, 0.1) is 11.9 Å². The molecule has 0 aliphatic rings. The predicted molar refractivity (Wildman–Crippen MR) is 68.7 cm³/mol. The van der Waals surface area contributed by atoms with Crippen molar-refractivity contribution in [3.8, 4) is 0 Å². The Kier molecular flexibility index (Phi) is 5.52. The van der Waals surface area contributed by atoms with Gasteiger partial charge in [0.25, 0.3) is 5.91 Å². The van der Waals surface area contributed by atoms with E-state index in [1.165, 1.54) is 6.20 Å². The number of H-pyrrole nitrogens is 1. The van der Waals surface area contributed by atoms with Crippen LogP contribution in [0.4, 0.5) is 5.69 Å². The fourth-order valence-electron chi connectivity index (χ4n) is 1.82. The first kappa shape index (κ1) is 13.5. The molecule has 0 aliphatic carbocycles. The molecule has 0 saturated heterocycles. The number of rotatable bonds is 7. The summed E-state index contributed by atoms with van der Waals surface area (Å²) in [6, 6.07) is 0.232. The van der Waals surface area contributed by atoms with E-state index >= 15 is 0 Å². The summed E-state index contributed by atoms with van der Waals surface area (Å²) in [4.78, 5) is 11.9. The number of amides is 1. The lowest BCUT2D eigenvalue weighted by atomic mass is 10.1. The van der Waals surface area contributed by atoms with Gasteiger partial charge in [0.2, 0.25) is 0 Å². The molecule has 1 unspecified atom stereocenters. The molecule has 0 bridgehead atoms. The van der Waals surface area contributed by atoms with E-state index in [1.54, 1.807) is 0 Å². The van der Waals surface area contributed by atoms with Crippen LogP contribution in [0.1, 0.15) is 56.4 Å². The molecule has 96 valence electrons. The Morgan fingerprint density at radius 1 is 1.47 bits per heavy atom. The van der Waals surface area contributed by atoms with E-state index in [1.807, 2.05) is 0 Å². The maximum atomic E-state index is 11.9. The number of hydrogen-bond acceptors (Lipinski definition) is 3. The standard InChI is InChI=1S/C12H22N4O/c1-3-5-7-9(6-4-2)15-12(17)11-10(13)8-14-16-11/h8-9H,3-7,13H2,1-2H3,(H,14,16)(H,15,17). The van der Waals surface area contributed by atoms with Crippen molar-refractivity contribution in [2.24, 2.45) is 0 Å². The van der Waals surface area contributed by atoms with Crippen LogP contribution in [0.5, 0.6) is 0 Å². The minimum atomic E-state index is -0.158. The number of carbonyl (C=O) groups excluding carboxylic acids is 1. The van der Waals surface area contributed by atoms with Gasteiger partial charge in [0, 0.05) is 6.04 Å². The largest absolute Gasteiger partial charge is 0.396 e. The van der Waals surface area contributed by atoms with Crippen molar-refractivity contribution in [3.63, 3.8) is 0 Å². The molecule has 0 saturated carbocycles. The third-order valence-electron chi connectivity index (χ3n) is 2.77. The fourth-order valence-corrected chi connectivity index (χ4v) is 1.82. The molecule has 5 heteroatoms. The quantitative estimate of drug-likeness (QED) is 0.680. The minimum Gasteiger partial charge on any atom is -0.396 e. The number of hydrogen-bond donors (Lipinski definition) is 3. The van der Waals surface area contributed by atoms with Crippen molar-refractivity contribution >= 4 is 11.6 Å². The molecular formula is C12H22N4O. The van der Waals surface area contributed by atoms with Gasteiger partial charge in [-0.05, 0) is 12.8 Å². The zero-order chi connectivity index (χ0) is 12.7. The van der Waals surface area contributed by atoms with Gasteiger partial charge in [-0.2, -0.15) is 5.10 Å². The highest BCUT2D eigenvalue weighted by Gasteiger charge is 2.16. The normalized spacial score (nSPS) is 12.4. The second-order valence-electron chi connectivity index (χ2n) is 4.30. The maximum absolute atomic E-state index is 11.9. The van der Waals surface area contributed by atoms with Crippen LogP contribution in [-0.2, 0) is 0 Å². The average Bonchev–Trinajstić information content (AvgIpc) is 2.72. The second kappa shape index (κ2) is 6.93. The molecule has 1 amide bonds. The molecule has 1 heterocycles. The van der Waals surface area contributed by atoms with Crippen LogP contribution < -0.4 is 11.1 Å². The van der Waals surface area contributed by atoms with Gasteiger partial charge in [0.15, 0.2) is 0 Å². The maximum Gasteiger partial charge on any atom is 0.271 e.